The Kier molecular flexibility index (Phi) is 61.0. The second kappa shape index (κ2) is 64.8. The van der Waals surface area contributed by atoms with Crippen LogP contribution in [0.25, 0.3) is 0 Å². The van der Waals surface area contributed by atoms with Gasteiger partial charge in [-0.1, -0.05) is 281 Å². The SMILES string of the molecule is CC/C=C\C/C=C\C/C=C\C/C=C\C/C=C\C/C=C\C/C=C\C/C=C\C/C=C\CCCCCCCC(=O)OC(CO)COC(=O)CCCCCCCCCCCCCCCCCC/C=C\C/C=C\C/C=C\C/C=C\CC. The third kappa shape index (κ3) is 62.1. The van der Waals surface area contributed by atoms with Crippen LogP contribution in [0.5, 0.6) is 0 Å². The van der Waals surface area contributed by atoms with E-state index in [1.807, 2.05) is 0 Å². The number of aliphatic hydroxyl groups excluding tert-OH is 1. The van der Waals surface area contributed by atoms with Crippen LogP contribution in [-0.2, 0) is 19.1 Å². The Bertz CT molecular complexity index is 1660. The van der Waals surface area contributed by atoms with Gasteiger partial charge >= 0.3 is 11.9 Å². The van der Waals surface area contributed by atoms with Crippen molar-refractivity contribution < 1.29 is 24.2 Å². The van der Waals surface area contributed by atoms with Gasteiger partial charge in [0.25, 0.3) is 0 Å². The minimum absolute atomic E-state index is 0.0824. The van der Waals surface area contributed by atoms with Crippen LogP contribution in [0.2, 0.25) is 0 Å². The highest BCUT2D eigenvalue weighted by atomic mass is 16.6. The first-order valence-electron chi connectivity index (χ1n) is 31.0. The van der Waals surface area contributed by atoms with E-state index in [4.69, 9.17) is 9.47 Å². The van der Waals surface area contributed by atoms with Crippen LogP contribution in [0.15, 0.2) is 158 Å². The average molecular weight is 1050 g/mol. The summed E-state index contributed by atoms with van der Waals surface area (Å²) in [6.07, 6.45) is 99.4. The van der Waals surface area contributed by atoms with Gasteiger partial charge < -0.3 is 14.6 Å². The molecule has 0 rings (SSSR count). The average Bonchev–Trinajstić information content (AvgIpc) is 3.42. The van der Waals surface area contributed by atoms with E-state index in [2.05, 4.69) is 172 Å². The highest BCUT2D eigenvalue weighted by Gasteiger charge is 2.16. The molecule has 5 nitrogen and oxygen atoms in total. The van der Waals surface area contributed by atoms with Gasteiger partial charge in [0.15, 0.2) is 6.10 Å². The molecule has 0 heterocycles. The number of rotatable bonds is 55. The number of hydrogen-bond acceptors (Lipinski definition) is 5. The van der Waals surface area contributed by atoms with E-state index >= 15 is 0 Å². The maximum absolute atomic E-state index is 12.3. The predicted molar refractivity (Wildman–Crippen MR) is 334 cm³/mol. The first kappa shape index (κ1) is 71.5. The molecule has 0 spiro atoms. The van der Waals surface area contributed by atoms with Crippen molar-refractivity contribution in [3.05, 3.63) is 158 Å². The number of carbonyl (C=O) groups excluding carboxylic acids is 2. The second-order valence-corrected chi connectivity index (χ2v) is 20.0. The summed E-state index contributed by atoms with van der Waals surface area (Å²) in [5, 5.41) is 9.68. The van der Waals surface area contributed by atoms with Crippen LogP contribution in [0.3, 0.4) is 0 Å². The molecule has 5 heteroatoms. The molecule has 0 amide bonds. The molecule has 76 heavy (non-hydrogen) atoms. The van der Waals surface area contributed by atoms with Crippen molar-refractivity contribution in [1.82, 2.24) is 0 Å². The summed E-state index contributed by atoms with van der Waals surface area (Å²) < 4.78 is 10.7. The number of allylic oxidation sites excluding steroid dienone is 26. The molecule has 0 bridgehead atoms. The van der Waals surface area contributed by atoms with Crippen molar-refractivity contribution >= 4 is 11.9 Å². The van der Waals surface area contributed by atoms with Gasteiger partial charge in [-0.15, -0.1) is 0 Å². The van der Waals surface area contributed by atoms with Gasteiger partial charge in [0, 0.05) is 12.8 Å². The molecule has 0 aliphatic heterocycles. The summed E-state index contributed by atoms with van der Waals surface area (Å²) in [4.78, 5) is 24.6. The lowest BCUT2D eigenvalue weighted by Gasteiger charge is -2.15. The van der Waals surface area contributed by atoms with Crippen molar-refractivity contribution in [3.8, 4) is 0 Å². The third-order valence-corrected chi connectivity index (χ3v) is 12.8. The van der Waals surface area contributed by atoms with Crippen LogP contribution in [0, 0.1) is 0 Å². The van der Waals surface area contributed by atoms with Gasteiger partial charge in [0.2, 0.25) is 0 Å². The monoisotopic (exact) mass is 1050 g/mol. The number of esters is 2. The van der Waals surface area contributed by atoms with Gasteiger partial charge in [0.1, 0.15) is 6.61 Å². The van der Waals surface area contributed by atoms with E-state index in [-0.39, 0.29) is 25.2 Å². The summed E-state index contributed by atoms with van der Waals surface area (Å²) in [7, 11) is 0. The maximum atomic E-state index is 12.3. The second-order valence-electron chi connectivity index (χ2n) is 20.0. The zero-order valence-corrected chi connectivity index (χ0v) is 49.0. The molecule has 0 saturated heterocycles. The minimum Gasteiger partial charge on any atom is -0.462 e. The Morgan fingerprint density at radius 3 is 0.789 bits per heavy atom. The van der Waals surface area contributed by atoms with E-state index in [9.17, 15) is 14.7 Å². The van der Waals surface area contributed by atoms with E-state index < -0.39 is 6.10 Å². The zero-order chi connectivity index (χ0) is 54.8. The van der Waals surface area contributed by atoms with Gasteiger partial charge in [-0.05, 0) is 122 Å². The van der Waals surface area contributed by atoms with Crippen LogP contribution in [0.4, 0.5) is 0 Å². The van der Waals surface area contributed by atoms with Crippen LogP contribution in [0.1, 0.15) is 258 Å². The number of ether oxygens (including phenoxy) is 2. The van der Waals surface area contributed by atoms with Gasteiger partial charge in [-0.2, -0.15) is 0 Å². The molecule has 1 unspecified atom stereocenters. The summed E-state index contributed by atoms with van der Waals surface area (Å²) >= 11 is 0. The van der Waals surface area contributed by atoms with Gasteiger partial charge in [-0.3, -0.25) is 9.59 Å². The molecule has 0 aliphatic rings. The fraction of sp³-hybridized carbons (Fsp3) is 0.606. The third-order valence-electron chi connectivity index (χ3n) is 12.8. The molecule has 428 valence electrons. The molecule has 0 aliphatic carbocycles. The van der Waals surface area contributed by atoms with Crippen molar-refractivity contribution in [1.29, 1.82) is 0 Å². The molecule has 0 saturated carbocycles. The lowest BCUT2D eigenvalue weighted by molar-refractivity contribution is -0.161. The topological polar surface area (TPSA) is 72.8 Å². The largest absolute Gasteiger partial charge is 0.462 e. The van der Waals surface area contributed by atoms with Crippen LogP contribution in [-0.4, -0.2) is 36.4 Å². The summed E-state index contributed by atoms with van der Waals surface area (Å²) in [6.45, 7) is 3.90. The summed E-state index contributed by atoms with van der Waals surface area (Å²) in [6, 6.07) is 0. The number of hydrogen-bond donors (Lipinski definition) is 1. The highest BCUT2D eigenvalue weighted by Crippen LogP contribution is 2.16. The summed E-state index contributed by atoms with van der Waals surface area (Å²) in [5.41, 5.74) is 0. The van der Waals surface area contributed by atoms with E-state index in [1.165, 1.54) is 89.9 Å². The minimum atomic E-state index is -0.795. The van der Waals surface area contributed by atoms with Gasteiger partial charge in [0.05, 0.1) is 6.61 Å². The quantitative estimate of drug-likeness (QED) is 0.0373. The van der Waals surface area contributed by atoms with E-state index in [1.54, 1.807) is 0 Å². The zero-order valence-electron chi connectivity index (χ0n) is 49.0. The van der Waals surface area contributed by atoms with Crippen molar-refractivity contribution in [2.45, 2.75) is 264 Å². The fourth-order valence-corrected chi connectivity index (χ4v) is 8.25. The first-order chi connectivity index (χ1) is 37.6. The van der Waals surface area contributed by atoms with Crippen molar-refractivity contribution in [2.75, 3.05) is 13.2 Å². The molecule has 0 fully saturated rings. The van der Waals surface area contributed by atoms with Crippen LogP contribution < -0.4 is 0 Å². The Hall–Kier alpha value is -4.48. The molecular weight excluding hydrogens is 933 g/mol. The lowest BCUT2D eigenvalue weighted by atomic mass is 10.0. The lowest BCUT2D eigenvalue weighted by Crippen LogP contribution is -2.28. The molecule has 0 aromatic rings. The summed E-state index contributed by atoms with van der Waals surface area (Å²) in [5.74, 6) is -0.618. The molecule has 0 aromatic carbocycles. The normalized spacial score (nSPS) is 13.4. The van der Waals surface area contributed by atoms with Crippen molar-refractivity contribution in [2.24, 2.45) is 0 Å². The van der Waals surface area contributed by atoms with E-state index in [0.717, 1.165) is 141 Å². The molecular formula is C71H114O5. The Balaban J connectivity index is 3.59. The van der Waals surface area contributed by atoms with Crippen molar-refractivity contribution in [3.63, 3.8) is 0 Å². The van der Waals surface area contributed by atoms with Crippen LogP contribution >= 0.6 is 0 Å². The molecule has 0 aromatic heterocycles. The number of unbranched alkanes of at least 4 members (excludes halogenated alkanes) is 21. The van der Waals surface area contributed by atoms with Gasteiger partial charge in [-0.25, -0.2) is 0 Å². The fourth-order valence-electron chi connectivity index (χ4n) is 8.25. The van der Waals surface area contributed by atoms with E-state index in [0.29, 0.717) is 12.8 Å². The predicted octanol–water partition coefficient (Wildman–Crippen LogP) is 21.5. The Labute approximate surface area is 469 Å². The highest BCUT2D eigenvalue weighted by molar-refractivity contribution is 5.70. The smallest absolute Gasteiger partial charge is 0.306 e. The molecule has 0 radical (unpaired) electrons. The molecule has 1 atom stereocenters. The maximum Gasteiger partial charge on any atom is 0.306 e. The molecule has 1 N–H and O–H groups in total. The Morgan fingerprint density at radius 2 is 0.526 bits per heavy atom. The first-order valence-corrected chi connectivity index (χ1v) is 31.0. The number of carbonyl (C=O) groups is 2. The standard InChI is InChI=1S/C71H114O5/c1-3-5-7-9-11-13-15-17-19-21-23-25-27-29-31-33-34-35-36-38-40-42-44-46-48-50-52-54-56-58-60-62-64-66-71(74)76-69(67-72)68-75-70(73)65-63-61-59-57-55-53-51-49-47-45-43-41-39-37-32-30-28-26-24-22-20-18-16-14-12-10-8-6-4-2/h5-8,11-14,17-20,23-26,29,31,34-35,38,40,44,46,50,52,69,72H,3-4,9-10,15-16,21-22,27-28,30,32-33,36-37,39,41-43,45,47-49,51,53-68H2,1-2H3/b7-5-,8-6-,13-11-,14-12-,19-17-,20-18-,25-23-,26-24-,31-29-,35-34-,40-38-,46-44-,52-50-. The number of aliphatic hydroxyl groups is 1. The Morgan fingerprint density at radius 1 is 0.303 bits per heavy atom.